The monoisotopic (exact) mass is 206 g/mol. The Labute approximate surface area is 82.9 Å². The Morgan fingerprint density at radius 3 is 2.07 bits per heavy atom. The zero-order valence-electron chi connectivity index (χ0n) is 8.37. The van der Waals surface area contributed by atoms with E-state index in [0.29, 0.717) is 0 Å². The second-order valence-corrected chi connectivity index (χ2v) is 4.04. The minimum atomic E-state index is -1.26. The smallest absolute Gasteiger partial charge is 0.111 e. The first-order valence-electron chi connectivity index (χ1n) is 4.79. The van der Waals surface area contributed by atoms with Gasteiger partial charge < -0.3 is 25.2 Å². The van der Waals surface area contributed by atoms with Gasteiger partial charge in [-0.2, -0.15) is 0 Å². The van der Waals surface area contributed by atoms with Crippen LogP contribution in [0.25, 0.3) is 0 Å². The van der Waals surface area contributed by atoms with E-state index in [4.69, 9.17) is 9.84 Å². The normalized spacial score (nSPS) is 44.4. The van der Waals surface area contributed by atoms with Gasteiger partial charge in [0.15, 0.2) is 0 Å². The predicted molar refractivity (Wildman–Crippen MR) is 48.6 cm³/mol. The van der Waals surface area contributed by atoms with Gasteiger partial charge in [0.1, 0.15) is 24.4 Å². The van der Waals surface area contributed by atoms with Crippen LogP contribution in [0.1, 0.15) is 13.8 Å². The minimum Gasteiger partial charge on any atom is -0.394 e. The van der Waals surface area contributed by atoms with E-state index in [1.54, 1.807) is 0 Å². The highest BCUT2D eigenvalue weighted by Crippen LogP contribution is 2.25. The van der Waals surface area contributed by atoms with E-state index in [9.17, 15) is 15.3 Å². The third-order valence-corrected chi connectivity index (χ3v) is 2.59. The molecule has 1 rings (SSSR count). The maximum Gasteiger partial charge on any atom is 0.111 e. The molecule has 0 aromatic heterocycles. The van der Waals surface area contributed by atoms with E-state index >= 15 is 0 Å². The highest BCUT2D eigenvalue weighted by molar-refractivity contribution is 4.92. The summed E-state index contributed by atoms with van der Waals surface area (Å²) in [4.78, 5) is 0. The van der Waals surface area contributed by atoms with Gasteiger partial charge in [0.2, 0.25) is 0 Å². The fourth-order valence-corrected chi connectivity index (χ4v) is 1.68. The van der Waals surface area contributed by atoms with Crippen molar-refractivity contribution in [2.24, 2.45) is 5.92 Å². The molecule has 1 aliphatic heterocycles. The molecular weight excluding hydrogens is 188 g/mol. The summed E-state index contributed by atoms with van der Waals surface area (Å²) in [6.45, 7) is 3.31. The van der Waals surface area contributed by atoms with E-state index in [1.807, 2.05) is 13.8 Å². The van der Waals surface area contributed by atoms with E-state index in [2.05, 4.69) is 0 Å². The molecule has 1 heterocycles. The number of aliphatic hydroxyl groups is 4. The molecule has 1 fully saturated rings. The molecule has 1 saturated heterocycles. The molecule has 5 nitrogen and oxygen atoms in total. The van der Waals surface area contributed by atoms with Crippen molar-refractivity contribution in [3.63, 3.8) is 0 Å². The zero-order valence-corrected chi connectivity index (χ0v) is 8.37. The number of hydrogen-bond acceptors (Lipinski definition) is 5. The molecule has 0 aliphatic carbocycles. The van der Waals surface area contributed by atoms with Crippen LogP contribution < -0.4 is 0 Å². The van der Waals surface area contributed by atoms with Crippen LogP contribution in [0.5, 0.6) is 0 Å². The second kappa shape index (κ2) is 4.55. The van der Waals surface area contributed by atoms with Crippen molar-refractivity contribution in [2.75, 3.05) is 6.61 Å². The third-order valence-electron chi connectivity index (χ3n) is 2.59. The summed E-state index contributed by atoms with van der Waals surface area (Å²) in [5.74, 6) is 0.0150. The van der Waals surface area contributed by atoms with Gasteiger partial charge in [0.25, 0.3) is 0 Å². The quantitative estimate of drug-likeness (QED) is 0.441. The lowest BCUT2D eigenvalue weighted by molar-refractivity contribution is -0.238. The van der Waals surface area contributed by atoms with Crippen molar-refractivity contribution < 1.29 is 25.2 Å². The van der Waals surface area contributed by atoms with Gasteiger partial charge in [0.05, 0.1) is 12.7 Å². The molecule has 0 amide bonds. The molecule has 84 valence electrons. The second-order valence-electron chi connectivity index (χ2n) is 4.04. The number of hydrogen-bond donors (Lipinski definition) is 4. The first-order chi connectivity index (χ1) is 6.49. The van der Waals surface area contributed by atoms with Crippen LogP contribution in [0, 0.1) is 5.92 Å². The summed E-state index contributed by atoms with van der Waals surface area (Å²) in [5, 5.41) is 37.4. The first kappa shape index (κ1) is 11.9. The summed E-state index contributed by atoms with van der Waals surface area (Å²) in [5.41, 5.74) is 0. The van der Waals surface area contributed by atoms with Gasteiger partial charge in [0, 0.05) is 0 Å². The number of ether oxygens (including phenoxy) is 1. The van der Waals surface area contributed by atoms with E-state index in [-0.39, 0.29) is 12.5 Å². The molecule has 14 heavy (non-hydrogen) atoms. The summed E-state index contributed by atoms with van der Waals surface area (Å²) >= 11 is 0. The van der Waals surface area contributed by atoms with Gasteiger partial charge in [-0.1, -0.05) is 13.8 Å². The van der Waals surface area contributed by atoms with Crippen molar-refractivity contribution in [1.82, 2.24) is 0 Å². The molecule has 0 aromatic rings. The molecule has 5 heteroatoms. The average Bonchev–Trinajstić information content (AvgIpc) is 2.14. The van der Waals surface area contributed by atoms with Gasteiger partial charge in [-0.25, -0.2) is 0 Å². The molecule has 2 unspecified atom stereocenters. The van der Waals surface area contributed by atoms with Crippen molar-refractivity contribution in [2.45, 2.75) is 44.4 Å². The first-order valence-corrected chi connectivity index (χ1v) is 4.79. The maximum absolute atomic E-state index is 9.57. The molecule has 0 spiro atoms. The molecule has 4 N–H and O–H groups in total. The Bertz CT molecular complexity index is 182. The van der Waals surface area contributed by atoms with E-state index in [0.717, 1.165) is 0 Å². The van der Waals surface area contributed by atoms with Crippen LogP contribution in [0.4, 0.5) is 0 Å². The van der Waals surface area contributed by atoms with Gasteiger partial charge >= 0.3 is 0 Å². The standard InChI is InChI=1S/C9H18O5/c1-4(2)9-8(13)7(12)6(11)5(3-10)14-9/h4-13H,3H2,1-2H3/t5?,6-,7?,8-,9-/m0/s1. The lowest BCUT2D eigenvalue weighted by Gasteiger charge is -2.41. The fourth-order valence-electron chi connectivity index (χ4n) is 1.68. The van der Waals surface area contributed by atoms with E-state index in [1.165, 1.54) is 0 Å². The van der Waals surface area contributed by atoms with Gasteiger partial charge in [-0.05, 0) is 5.92 Å². The Morgan fingerprint density at radius 2 is 1.64 bits per heavy atom. The predicted octanol–water partition coefficient (Wildman–Crippen LogP) is -1.52. The molecular formula is C9H18O5. The number of aliphatic hydroxyl groups excluding tert-OH is 4. The highest BCUT2D eigenvalue weighted by atomic mass is 16.5. The minimum absolute atomic E-state index is 0.0150. The van der Waals surface area contributed by atoms with Crippen LogP contribution >= 0.6 is 0 Å². The molecule has 0 saturated carbocycles. The zero-order chi connectivity index (χ0) is 10.9. The third kappa shape index (κ3) is 2.07. The Morgan fingerprint density at radius 1 is 1.07 bits per heavy atom. The van der Waals surface area contributed by atoms with Crippen molar-refractivity contribution in [1.29, 1.82) is 0 Å². The fraction of sp³-hybridized carbons (Fsp3) is 1.00. The van der Waals surface area contributed by atoms with Gasteiger partial charge in [-0.15, -0.1) is 0 Å². The Balaban J connectivity index is 2.73. The summed E-state index contributed by atoms with van der Waals surface area (Å²) < 4.78 is 5.28. The molecule has 0 aromatic carbocycles. The maximum atomic E-state index is 9.57. The lowest BCUT2D eigenvalue weighted by atomic mass is 9.90. The molecule has 0 bridgehead atoms. The average molecular weight is 206 g/mol. The summed E-state index contributed by atoms with van der Waals surface area (Å²) in [7, 11) is 0. The summed E-state index contributed by atoms with van der Waals surface area (Å²) in [6, 6.07) is 0. The number of rotatable bonds is 2. The van der Waals surface area contributed by atoms with Gasteiger partial charge in [-0.3, -0.25) is 0 Å². The molecule has 5 atom stereocenters. The van der Waals surface area contributed by atoms with Crippen LogP contribution in [0.15, 0.2) is 0 Å². The summed E-state index contributed by atoms with van der Waals surface area (Å²) in [6.07, 6.45) is -4.96. The Hall–Kier alpha value is -0.200. The van der Waals surface area contributed by atoms with Crippen molar-refractivity contribution in [3.8, 4) is 0 Å². The van der Waals surface area contributed by atoms with Crippen LogP contribution in [0.3, 0.4) is 0 Å². The van der Waals surface area contributed by atoms with Crippen LogP contribution in [-0.2, 0) is 4.74 Å². The van der Waals surface area contributed by atoms with Crippen LogP contribution in [-0.4, -0.2) is 57.6 Å². The van der Waals surface area contributed by atoms with E-state index < -0.39 is 30.5 Å². The Kier molecular flexibility index (Phi) is 3.86. The highest BCUT2D eigenvalue weighted by Gasteiger charge is 2.44. The van der Waals surface area contributed by atoms with Crippen molar-refractivity contribution in [3.05, 3.63) is 0 Å². The SMILES string of the molecule is CC(C)[C@@H]1OC(CO)[C@H](O)C(O)[C@@H]1O. The van der Waals surface area contributed by atoms with Crippen LogP contribution in [0.2, 0.25) is 0 Å². The molecule has 0 radical (unpaired) electrons. The topological polar surface area (TPSA) is 90.2 Å². The largest absolute Gasteiger partial charge is 0.394 e. The molecule has 1 aliphatic rings. The van der Waals surface area contributed by atoms with Crippen molar-refractivity contribution >= 4 is 0 Å². The lowest BCUT2D eigenvalue weighted by Crippen LogP contribution is -2.59.